The van der Waals surface area contributed by atoms with Crippen LogP contribution in [0.2, 0.25) is 0 Å². The number of aromatic nitrogens is 2. The van der Waals surface area contributed by atoms with Crippen LogP contribution in [0.1, 0.15) is 5.69 Å². The highest BCUT2D eigenvalue weighted by Crippen LogP contribution is 2.07. The van der Waals surface area contributed by atoms with E-state index in [9.17, 15) is 0 Å². The first-order chi connectivity index (χ1) is 7.88. The largest absolute Gasteiger partial charge is 0.492 e. The lowest BCUT2D eigenvalue weighted by atomic mass is 10.3. The Hall–Kier alpha value is -1.81. The van der Waals surface area contributed by atoms with Gasteiger partial charge in [-0.3, -0.25) is 4.68 Å². The van der Waals surface area contributed by atoms with Crippen molar-refractivity contribution in [2.75, 3.05) is 6.61 Å². The van der Waals surface area contributed by atoms with Gasteiger partial charge in [0.05, 0.1) is 12.2 Å². The SMILES string of the molecule is NCc1ccn(CCOc2ccccc2)n1. The molecular formula is C12H15N3O. The molecule has 0 aliphatic rings. The Kier molecular flexibility index (Phi) is 3.56. The molecule has 2 N–H and O–H groups in total. The van der Waals surface area contributed by atoms with Crippen molar-refractivity contribution in [3.63, 3.8) is 0 Å². The van der Waals surface area contributed by atoms with Crippen LogP contribution in [-0.2, 0) is 13.1 Å². The van der Waals surface area contributed by atoms with Crippen molar-refractivity contribution in [1.82, 2.24) is 9.78 Å². The lowest BCUT2D eigenvalue weighted by Crippen LogP contribution is -2.09. The minimum atomic E-state index is 0.479. The zero-order valence-electron chi connectivity index (χ0n) is 9.04. The van der Waals surface area contributed by atoms with Crippen molar-refractivity contribution >= 4 is 0 Å². The molecule has 4 heteroatoms. The average Bonchev–Trinajstić information content (AvgIpc) is 2.78. The van der Waals surface area contributed by atoms with E-state index in [2.05, 4.69) is 5.10 Å². The van der Waals surface area contributed by atoms with Crippen LogP contribution >= 0.6 is 0 Å². The molecule has 1 aromatic heterocycles. The van der Waals surface area contributed by atoms with Crippen molar-refractivity contribution in [3.8, 4) is 5.75 Å². The fourth-order valence-electron chi connectivity index (χ4n) is 1.41. The first-order valence-electron chi connectivity index (χ1n) is 5.29. The van der Waals surface area contributed by atoms with E-state index in [1.165, 1.54) is 0 Å². The van der Waals surface area contributed by atoms with Gasteiger partial charge in [-0.15, -0.1) is 0 Å². The second kappa shape index (κ2) is 5.32. The maximum Gasteiger partial charge on any atom is 0.119 e. The maximum atomic E-state index is 5.56. The van der Waals surface area contributed by atoms with Crippen LogP contribution < -0.4 is 10.5 Å². The minimum absolute atomic E-state index is 0.479. The third-order valence-electron chi connectivity index (χ3n) is 2.24. The molecule has 0 radical (unpaired) electrons. The van der Waals surface area contributed by atoms with Gasteiger partial charge in [0.25, 0.3) is 0 Å². The highest BCUT2D eigenvalue weighted by Gasteiger charge is 1.97. The molecule has 0 saturated carbocycles. The van der Waals surface area contributed by atoms with E-state index in [-0.39, 0.29) is 0 Å². The lowest BCUT2D eigenvalue weighted by Gasteiger charge is -2.05. The summed E-state index contributed by atoms with van der Waals surface area (Å²) in [6.07, 6.45) is 1.91. The highest BCUT2D eigenvalue weighted by molar-refractivity contribution is 5.20. The van der Waals surface area contributed by atoms with Crippen molar-refractivity contribution in [2.24, 2.45) is 5.73 Å². The molecule has 0 bridgehead atoms. The Morgan fingerprint density at radius 3 is 2.69 bits per heavy atom. The maximum absolute atomic E-state index is 5.56. The van der Waals surface area contributed by atoms with Gasteiger partial charge in [0.2, 0.25) is 0 Å². The molecule has 0 saturated heterocycles. The van der Waals surface area contributed by atoms with E-state index in [1.807, 2.05) is 47.3 Å². The van der Waals surface area contributed by atoms with E-state index >= 15 is 0 Å². The van der Waals surface area contributed by atoms with Gasteiger partial charge in [-0.05, 0) is 18.2 Å². The predicted molar refractivity (Wildman–Crippen MR) is 62.1 cm³/mol. The molecule has 0 unspecified atom stereocenters. The number of nitrogens with two attached hydrogens (primary N) is 1. The second-order valence-electron chi connectivity index (χ2n) is 3.44. The Labute approximate surface area is 94.6 Å². The molecule has 2 rings (SSSR count). The average molecular weight is 217 g/mol. The second-order valence-corrected chi connectivity index (χ2v) is 3.44. The molecule has 16 heavy (non-hydrogen) atoms. The van der Waals surface area contributed by atoms with Crippen LogP contribution in [0.5, 0.6) is 5.75 Å². The van der Waals surface area contributed by atoms with Gasteiger partial charge in [-0.25, -0.2) is 0 Å². The van der Waals surface area contributed by atoms with Gasteiger partial charge in [0.1, 0.15) is 12.4 Å². The molecule has 1 heterocycles. The predicted octanol–water partition coefficient (Wildman–Crippen LogP) is 1.42. The summed E-state index contributed by atoms with van der Waals surface area (Å²) < 4.78 is 7.40. The molecule has 0 aliphatic heterocycles. The Morgan fingerprint density at radius 1 is 1.19 bits per heavy atom. The van der Waals surface area contributed by atoms with Crippen LogP contribution in [0.15, 0.2) is 42.6 Å². The summed E-state index contributed by atoms with van der Waals surface area (Å²) in [5, 5.41) is 4.27. The van der Waals surface area contributed by atoms with Gasteiger partial charge >= 0.3 is 0 Å². The normalized spacial score (nSPS) is 10.3. The first kappa shape index (κ1) is 10.7. The van der Waals surface area contributed by atoms with Gasteiger partial charge in [0.15, 0.2) is 0 Å². The fourth-order valence-corrected chi connectivity index (χ4v) is 1.41. The molecule has 0 aliphatic carbocycles. The minimum Gasteiger partial charge on any atom is -0.492 e. The molecule has 1 aromatic carbocycles. The smallest absolute Gasteiger partial charge is 0.119 e. The third kappa shape index (κ3) is 2.84. The summed E-state index contributed by atoms with van der Waals surface area (Å²) in [4.78, 5) is 0. The Morgan fingerprint density at radius 2 is 2.00 bits per heavy atom. The highest BCUT2D eigenvalue weighted by atomic mass is 16.5. The zero-order chi connectivity index (χ0) is 11.2. The third-order valence-corrected chi connectivity index (χ3v) is 2.24. The van der Waals surface area contributed by atoms with Gasteiger partial charge < -0.3 is 10.5 Å². The van der Waals surface area contributed by atoms with Crippen molar-refractivity contribution in [1.29, 1.82) is 0 Å². The lowest BCUT2D eigenvalue weighted by molar-refractivity contribution is 0.291. The summed E-state index contributed by atoms with van der Waals surface area (Å²) >= 11 is 0. The molecule has 0 amide bonds. The number of nitrogens with zero attached hydrogens (tertiary/aromatic N) is 2. The summed E-state index contributed by atoms with van der Waals surface area (Å²) in [5.41, 5.74) is 6.38. The molecular weight excluding hydrogens is 202 g/mol. The molecule has 0 atom stereocenters. The summed E-state index contributed by atoms with van der Waals surface area (Å²) in [7, 11) is 0. The monoisotopic (exact) mass is 217 g/mol. The van der Waals surface area contributed by atoms with E-state index < -0.39 is 0 Å². The summed E-state index contributed by atoms with van der Waals surface area (Å²) in [6.45, 7) is 1.82. The Bertz CT molecular complexity index is 425. The Balaban J connectivity index is 1.80. The van der Waals surface area contributed by atoms with Crippen LogP contribution in [0.25, 0.3) is 0 Å². The van der Waals surface area contributed by atoms with Gasteiger partial charge in [0, 0.05) is 12.7 Å². The molecule has 0 spiro atoms. The van der Waals surface area contributed by atoms with E-state index in [1.54, 1.807) is 0 Å². The van der Waals surface area contributed by atoms with Crippen LogP contribution in [0, 0.1) is 0 Å². The number of rotatable bonds is 5. The quantitative estimate of drug-likeness (QED) is 0.824. The number of para-hydroxylation sites is 1. The van der Waals surface area contributed by atoms with Crippen LogP contribution in [0.3, 0.4) is 0 Å². The number of benzene rings is 1. The number of ether oxygens (including phenoxy) is 1. The standard InChI is InChI=1S/C12H15N3O/c13-10-11-6-7-15(14-11)8-9-16-12-4-2-1-3-5-12/h1-7H,8-10,13H2. The molecule has 2 aromatic rings. The topological polar surface area (TPSA) is 53.1 Å². The number of hydrogen-bond donors (Lipinski definition) is 1. The van der Waals surface area contributed by atoms with Crippen LogP contribution in [0.4, 0.5) is 0 Å². The molecule has 4 nitrogen and oxygen atoms in total. The molecule has 0 fully saturated rings. The first-order valence-corrected chi connectivity index (χ1v) is 5.29. The summed E-state index contributed by atoms with van der Waals surface area (Å²) in [5.74, 6) is 0.883. The van der Waals surface area contributed by atoms with E-state index in [0.717, 1.165) is 18.0 Å². The van der Waals surface area contributed by atoms with Crippen molar-refractivity contribution < 1.29 is 4.74 Å². The number of hydrogen-bond acceptors (Lipinski definition) is 3. The van der Waals surface area contributed by atoms with Crippen molar-refractivity contribution in [2.45, 2.75) is 13.1 Å². The van der Waals surface area contributed by atoms with E-state index in [0.29, 0.717) is 13.2 Å². The summed E-state index contributed by atoms with van der Waals surface area (Å²) in [6, 6.07) is 11.7. The molecule has 84 valence electrons. The zero-order valence-corrected chi connectivity index (χ0v) is 9.04. The van der Waals surface area contributed by atoms with Crippen LogP contribution in [-0.4, -0.2) is 16.4 Å². The fraction of sp³-hybridized carbons (Fsp3) is 0.250. The van der Waals surface area contributed by atoms with E-state index in [4.69, 9.17) is 10.5 Å². The van der Waals surface area contributed by atoms with Gasteiger partial charge in [-0.1, -0.05) is 18.2 Å². The van der Waals surface area contributed by atoms with Gasteiger partial charge in [-0.2, -0.15) is 5.10 Å². The van der Waals surface area contributed by atoms with Crippen molar-refractivity contribution in [3.05, 3.63) is 48.3 Å².